The third kappa shape index (κ3) is 9.46. The van der Waals surface area contributed by atoms with Crippen molar-refractivity contribution in [2.45, 2.75) is 63.1 Å². The van der Waals surface area contributed by atoms with Crippen molar-refractivity contribution in [3.05, 3.63) is 156 Å². The number of carboxylic acid groups (broad SMARTS) is 1. The van der Waals surface area contributed by atoms with E-state index in [1.807, 2.05) is 133 Å². The Hall–Kier alpha value is -5.52. The van der Waals surface area contributed by atoms with E-state index in [0.717, 1.165) is 56.0 Å². The molecule has 2 heterocycles. The number of aromatic nitrogens is 1. The van der Waals surface area contributed by atoms with Crippen LogP contribution in [0, 0.1) is 5.92 Å². The van der Waals surface area contributed by atoms with Crippen LogP contribution in [0.1, 0.15) is 60.8 Å². The normalized spacial score (nSPS) is 18.0. The van der Waals surface area contributed by atoms with E-state index in [1.165, 1.54) is 11.8 Å². The number of amides is 1. The Bertz CT molecular complexity index is 2150. The van der Waals surface area contributed by atoms with Crippen LogP contribution in [0.15, 0.2) is 143 Å². The van der Waals surface area contributed by atoms with Crippen LogP contribution in [0.25, 0.3) is 33.7 Å². The molecule has 1 aliphatic rings. The first kappa shape index (κ1) is 38.7. The van der Waals surface area contributed by atoms with Crippen molar-refractivity contribution in [2.24, 2.45) is 5.92 Å². The van der Waals surface area contributed by atoms with Gasteiger partial charge in [0.15, 0.2) is 12.1 Å². The minimum absolute atomic E-state index is 0.0265. The summed E-state index contributed by atoms with van der Waals surface area (Å²) in [5, 5.41) is 22.1. The number of oxazole rings is 1. The van der Waals surface area contributed by atoms with Crippen LogP contribution in [0.4, 0.5) is 0 Å². The van der Waals surface area contributed by atoms with Crippen molar-refractivity contribution in [1.82, 2.24) is 10.3 Å². The van der Waals surface area contributed by atoms with Crippen LogP contribution in [0.2, 0.25) is 0 Å². The molecule has 10 heteroatoms. The summed E-state index contributed by atoms with van der Waals surface area (Å²) in [5.41, 5.74) is 8.34. The third-order valence-electron chi connectivity index (χ3n) is 9.97. The number of aliphatic hydroxyl groups is 1. The number of thioether (sulfide) groups is 1. The first-order valence-electron chi connectivity index (χ1n) is 18.8. The third-order valence-corrected chi connectivity index (χ3v) is 10.9. The zero-order chi connectivity index (χ0) is 38.9. The van der Waals surface area contributed by atoms with E-state index in [9.17, 15) is 14.7 Å². The Labute approximate surface area is 330 Å². The Kier molecular flexibility index (Phi) is 12.7. The predicted octanol–water partition coefficient (Wildman–Crippen LogP) is 9.62. The molecule has 1 aromatic heterocycles. The number of rotatable bonds is 15. The molecule has 0 unspecified atom stereocenters. The van der Waals surface area contributed by atoms with E-state index in [0.29, 0.717) is 23.9 Å². The van der Waals surface area contributed by atoms with Gasteiger partial charge in [-0.2, -0.15) is 0 Å². The van der Waals surface area contributed by atoms with Gasteiger partial charge in [-0.3, -0.25) is 9.59 Å². The van der Waals surface area contributed by atoms with Crippen molar-refractivity contribution in [3.8, 4) is 33.7 Å². The molecular weight excluding hydrogens is 725 g/mol. The fourth-order valence-corrected chi connectivity index (χ4v) is 7.85. The highest BCUT2D eigenvalue weighted by atomic mass is 32.2. The average Bonchev–Trinajstić information content (AvgIpc) is 3.68. The van der Waals surface area contributed by atoms with Crippen LogP contribution in [0.3, 0.4) is 0 Å². The first-order chi connectivity index (χ1) is 27.4. The molecule has 56 heavy (non-hydrogen) atoms. The van der Waals surface area contributed by atoms with Gasteiger partial charge in [-0.15, -0.1) is 0 Å². The van der Waals surface area contributed by atoms with Crippen LogP contribution in [-0.2, 0) is 32.2 Å². The van der Waals surface area contributed by atoms with Gasteiger partial charge in [-0.25, -0.2) is 4.98 Å². The molecule has 0 spiro atoms. The lowest BCUT2D eigenvalue weighted by Crippen LogP contribution is -2.38. The average molecular weight is 769 g/mol. The Morgan fingerprint density at radius 1 is 0.750 bits per heavy atom. The minimum atomic E-state index is -0.909. The van der Waals surface area contributed by atoms with Gasteiger partial charge in [0.2, 0.25) is 5.91 Å². The first-order valence-corrected chi connectivity index (χ1v) is 19.8. The van der Waals surface area contributed by atoms with Crippen LogP contribution in [-0.4, -0.2) is 38.9 Å². The van der Waals surface area contributed by atoms with Gasteiger partial charge in [0, 0.05) is 47.7 Å². The molecule has 7 rings (SSSR count). The molecule has 5 aromatic carbocycles. The summed E-state index contributed by atoms with van der Waals surface area (Å²) in [4.78, 5) is 28.2. The van der Waals surface area contributed by atoms with Crippen LogP contribution >= 0.6 is 11.8 Å². The molecule has 3 N–H and O–H groups in total. The Balaban J connectivity index is 1.11. The van der Waals surface area contributed by atoms with Gasteiger partial charge in [0.05, 0.1) is 18.8 Å². The van der Waals surface area contributed by atoms with Gasteiger partial charge in [0.25, 0.3) is 5.22 Å². The lowest BCUT2D eigenvalue weighted by atomic mass is 9.91. The van der Waals surface area contributed by atoms with Gasteiger partial charge in [0.1, 0.15) is 5.69 Å². The largest absolute Gasteiger partial charge is 0.481 e. The standard InChI is InChI=1S/C46H44N2O7S/c1-30-39(29-56-46-48-42(33-11-4-2-5-12-33)44(55-46)34-13-6-3-7-14-34)53-45(54-43(30)35-21-19-31(28-49)20-22-35)36-25-23-32(24-26-36)38-16-9-8-15-37(38)27-47-40(50)17-10-18-41(51)52/h2-9,11-16,19-26,30,39,43,45,49H,10,17-18,27-29H2,1H3,(H,47,50)(H,51,52)/t30-,39+,43+,45+/m1/s1. The van der Waals surface area contributed by atoms with E-state index in [4.69, 9.17) is 24.0 Å². The van der Waals surface area contributed by atoms with Gasteiger partial charge < -0.3 is 29.4 Å². The van der Waals surface area contributed by atoms with E-state index in [-0.39, 0.29) is 43.5 Å². The van der Waals surface area contributed by atoms with E-state index < -0.39 is 12.3 Å². The summed E-state index contributed by atoms with van der Waals surface area (Å²) in [6, 6.07) is 43.9. The quantitative estimate of drug-likeness (QED) is 0.0875. The zero-order valence-electron chi connectivity index (χ0n) is 31.0. The minimum Gasteiger partial charge on any atom is -0.481 e. The number of aliphatic carboxylic acids is 1. The summed E-state index contributed by atoms with van der Waals surface area (Å²) >= 11 is 1.52. The number of carbonyl (C=O) groups excluding carboxylic acids is 1. The Morgan fingerprint density at radius 3 is 2.11 bits per heavy atom. The summed E-state index contributed by atoms with van der Waals surface area (Å²) in [6.45, 7) is 2.43. The Morgan fingerprint density at radius 2 is 1.41 bits per heavy atom. The zero-order valence-corrected chi connectivity index (χ0v) is 31.9. The number of aliphatic hydroxyl groups excluding tert-OH is 1. The molecule has 6 aromatic rings. The summed E-state index contributed by atoms with van der Waals surface area (Å²) in [5.74, 6) is 0.179. The molecule has 4 atom stereocenters. The highest BCUT2D eigenvalue weighted by molar-refractivity contribution is 7.99. The molecule has 1 saturated heterocycles. The molecule has 0 saturated carbocycles. The molecular formula is C46H44N2O7S. The molecule has 1 amide bonds. The molecule has 0 bridgehead atoms. The number of carboxylic acids is 1. The van der Waals surface area contributed by atoms with Crippen molar-refractivity contribution < 1.29 is 33.7 Å². The van der Waals surface area contributed by atoms with E-state index in [1.54, 1.807) is 0 Å². The maximum atomic E-state index is 12.4. The lowest BCUT2D eigenvalue weighted by molar-refractivity contribution is -0.268. The number of hydrogen-bond donors (Lipinski definition) is 3. The fraction of sp³-hybridized carbons (Fsp3) is 0.239. The summed E-state index contributed by atoms with van der Waals surface area (Å²) in [6.07, 6.45) is -0.738. The van der Waals surface area contributed by atoms with Gasteiger partial charge in [-0.05, 0) is 34.2 Å². The highest BCUT2D eigenvalue weighted by Crippen LogP contribution is 2.44. The number of hydrogen-bond acceptors (Lipinski definition) is 8. The second-order valence-electron chi connectivity index (χ2n) is 13.8. The topological polar surface area (TPSA) is 131 Å². The number of ether oxygens (including phenoxy) is 2. The van der Waals surface area contributed by atoms with E-state index in [2.05, 4.69) is 12.2 Å². The molecule has 286 valence electrons. The highest BCUT2D eigenvalue weighted by Gasteiger charge is 2.38. The van der Waals surface area contributed by atoms with Crippen LogP contribution in [0.5, 0.6) is 0 Å². The second-order valence-corrected chi connectivity index (χ2v) is 14.8. The van der Waals surface area contributed by atoms with Crippen molar-refractivity contribution in [2.75, 3.05) is 5.75 Å². The van der Waals surface area contributed by atoms with Gasteiger partial charge >= 0.3 is 5.97 Å². The maximum Gasteiger partial charge on any atom is 0.303 e. The fourth-order valence-electron chi connectivity index (χ4n) is 6.86. The van der Waals surface area contributed by atoms with Gasteiger partial charge in [-0.1, -0.05) is 152 Å². The van der Waals surface area contributed by atoms with Crippen LogP contribution < -0.4 is 5.32 Å². The monoisotopic (exact) mass is 768 g/mol. The lowest BCUT2D eigenvalue weighted by Gasteiger charge is -2.41. The molecule has 1 fully saturated rings. The number of nitrogens with one attached hydrogen (secondary N) is 1. The van der Waals surface area contributed by atoms with Crippen molar-refractivity contribution in [1.29, 1.82) is 0 Å². The number of benzene rings is 5. The SMILES string of the molecule is C[C@@H]1[C@H](CSc2nc(-c3ccccc3)c(-c3ccccc3)o2)O[C@H](c2ccc(-c3ccccc3CNC(=O)CCCC(=O)O)cc2)O[C@@H]1c1ccc(CO)cc1. The smallest absolute Gasteiger partial charge is 0.303 e. The molecule has 9 nitrogen and oxygen atoms in total. The number of nitrogens with zero attached hydrogens (tertiary/aromatic N) is 1. The molecule has 0 radical (unpaired) electrons. The van der Waals surface area contributed by atoms with E-state index >= 15 is 0 Å². The number of carbonyl (C=O) groups is 2. The second kappa shape index (κ2) is 18.4. The summed E-state index contributed by atoms with van der Waals surface area (Å²) < 4.78 is 19.9. The molecule has 1 aliphatic heterocycles. The summed E-state index contributed by atoms with van der Waals surface area (Å²) in [7, 11) is 0. The maximum absolute atomic E-state index is 12.4. The van der Waals surface area contributed by atoms with Crippen molar-refractivity contribution >= 4 is 23.6 Å². The van der Waals surface area contributed by atoms with Crippen molar-refractivity contribution in [3.63, 3.8) is 0 Å². The predicted molar refractivity (Wildman–Crippen MR) is 216 cm³/mol. The molecule has 0 aliphatic carbocycles.